The highest BCUT2D eigenvalue weighted by molar-refractivity contribution is 7.88. The Morgan fingerprint density at radius 2 is 1.35 bits per heavy atom. The first-order valence-electron chi connectivity index (χ1n) is 8.19. The van der Waals surface area contributed by atoms with Gasteiger partial charge in [0.1, 0.15) is 0 Å². The van der Waals surface area contributed by atoms with Gasteiger partial charge in [-0.05, 0) is 36.3 Å². The van der Waals surface area contributed by atoms with Crippen LogP contribution in [0.3, 0.4) is 0 Å². The summed E-state index contributed by atoms with van der Waals surface area (Å²) in [5, 5.41) is 0. The van der Waals surface area contributed by atoms with Gasteiger partial charge in [0.25, 0.3) is 0 Å². The first-order chi connectivity index (χ1) is 11.1. The molecule has 0 atom stereocenters. The van der Waals surface area contributed by atoms with Crippen LogP contribution >= 0.6 is 0 Å². The molecule has 0 saturated carbocycles. The van der Waals surface area contributed by atoms with Crippen molar-refractivity contribution in [1.29, 1.82) is 0 Å². The maximum Gasteiger partial charge on any atom is 0.218 e. The van der Waals surface area contributed by atoms with Gasteiger partial charge in [-0.15, -0.1) is 0 Å². The van der Waals surface area contributed by atoms with Crippen LogP contribution in [0.25, 0.3) is 0 Å². The lowest BCUT2D eigenvalue weighted by molar-refractivity contribution is 0.272. The number of hydrogen-bond acceptors (Lipinski definition) is 2. The molecule has 1 aliphatic rings. The molecule has 3 rings (SSSR count). The molecule has 0 aromatic heterocycles. The molecule has 23 heavy (non-hydrogen) atoms. The van der Waals surface area contributed by atoms with Gasteiger partial charge < -0.3 is 0 Å². The molecule has 1 heterocycles. The fourth-order valence-corrected chi connectivity index (χ4v) is 4.78. The van der Waals surface area contributed by atoms with E-state index < -0.39 is 10.0 Å². The minimum Gasteiger partial charge on any atom is -0.212 e. The van der Waals surface area contributed by atoms with Crippen molar-refractivity contribution in [3.8, 4) is 0 Å². The van der Waals surface area contributed by atoms with E-state index in [9.17, 15) is 8.42 Å². The van der Waals surface area contributed by atoms with Crippen LogP contribution in [0.5, 0.6) is 0 Å². The highest BCUT2D eigenvalue weighted by Gasteiger charge is 2.28. The first kappa shape index (κ1) is 16.2. The SMILES string of the molecule is O=S(=O)(Cc1ccccc1)N1CCC(Cc2ccccc2)CC1. The predicted octanol–water partition coefficient (Wildman–Crippen LogP) is 3.47. The van der Waals surface area contributed by atoms with Gasteiger partial charge in [-0.1, -0.05) is 60.7 Å². The largest absolute Gasteiger partial charge is 0.218 e. The van der Waals surface area contributed by atoms with Crippen molar-refractivity contribution in [2.24, 2.45) is 5.92 Å². The molecule has 0 radical (unpaired) electrons. The van der Waals surface area contributed by atoms with E-state index in [1.54, 1.807) is 4.31 Å². The molecule has 122 valence electrons. The fraction of sp³-hybridized carbons (Fsp3) is 0.368. The van der Waals surface area contributed by atoms with Crippen LogP contribution in [0.1, 0.15) is 24.0 Å². The number of sulfonamides is 1. The zero-order valence-electron chi connectivity index (χ0n) is 13.3. The van der Waals surface area contributed by atoms with Crippen LogP contribution < -0.4 is 0 Å². The summed E-state index contributed by atoms with van der Waals surface area (Å²) in [5.41, 5.74) is 2.21. The molecule has 0 N–H and O–H groups in total. The zero-order valence-corrected chi connectivity index (χ0v) is 14.1. The average Bonchev–Trinajstić information content (AvgIpc) is 2.57. The third-order valence-electron chi connectivity index (χ3n) is 4.53. The standard InChI is InChI=1S/C19H23NO2S/c21-23(22,16-19-9-5-2-6-10-19)20-13-11-18(12-14-20)15-17-7-3-1-4-8-17/h1-10,18H,11-16H2. The van der Waals surface area contributed by atoms with Crippen LogP contribution in [0.2, 0.25) is 0 Å². The second-order valence-electron chi connectivity index (χ2n) is 6.27. The van der Waals surface area contributed by atoms with Crippen LogP contribution in [0, 0.1) is 5.92 Å². The summed E-state index contributed by atoms with van der Waals surface area (Å²) in [6.45, 7) is 1.29. The summed E-state index contributed by atoms with van der Waals surface area (Å²) in [7, 11) is -3.20. The molecule has 0 unspecified atom stereocenters. The Hall–Kier alpha value is -1.65. The van der Waals surface area contributed by atoms with Crippen molar-refractivity contribution in [1.82, 2.24) is 4.31 Å². The molecule has 2 aromatic rings. The summed E-state index contributed by atoms with van der Waals surface area (Å²) in [5.74, 6) is 0.692. The van der Waals surface area contributed by atoms with Gasteiger partial charge in [-0.25, -0.2) is 12.7 Å². The minimum absolute atomic E-state index is 0.108. The first-order valence-corrected chi connectivity index (χ1v) is 9.80. The van der Waals surface area contributed by atoms with Crippen molar-refractivity contribution >= 4 is 10.0 Å². The highest BCUT2D eigenvalue weighted by Crippen LogP contribution is 2.24. The molecule has 1 aliphatic heterocycles. The summed E-state index contributed by atoms with van der Waals surface area (Å²) in [4.78, 5) is 0. The maximum absolute atomic E-state index is 12.5. The van der Waals surface area contributed by atoms with E-state index in [1.165, 1.54) is 5.56 Å². The van der Waals surface area contributed by atoms with Gasteiger partial charge in [-0.2, -0.15) is 0 Å². The van der Waals surface area contributed by atoms with E-state index in [0.717, 1.165) is 24.8 Å². The van der Waals surface area contributed by atoms with Crippen LogP contribution in [0.15, 0.2) is 60.7 Å². The molecule has 0 spiro atoms. The average molecular weight is 329 g/mol. The van der Waals surface area contributed by atoms with Gasteiger partial charge in [0.15, 0.2) is 0 Å². The minimum atomic E-state index is -3.20. The van der Waals surface area contributed by atoms with E-state index in [1.807, 2.05) is 36.4 Å². The molecule has 4 heteroatoms. The Morgan fingerprint density at radius 3 is 1.91 bits per heavy atom. The van der Waals surface area contributed by atoms with Gasteiger partial charge in [0, 0.05) is 13.1 Å². The van der Waals surface area contributed by atoms with E-state index in [0.29, 0.717) is 19.0 Å². The second-order valence-corrected chi connectivity index (χ2v) is 8.24. The van der Waals surface area contributed by atoms with E-state index in [-0.39, 0.29) is 5.75 Å². The summed E-state index contributed by atoms with van der Waals surface area (Å²) in [6.07, 6.45) is 2.94. The lowest BCUT2D eigenvalue weighted by Crippen LogP contribution is -2.39. The summed E-state index contributed by atoms with van der Waals surface area (Å²) in [6, 6.07) is 19.9. The van der Waals surface area contributed by atoms with Crippen molar-refractivity contribution in [2.45, 2.75) is 25.0 Å². The van der Waals surface area contributed by atoms with Gasteiger partial charge in [0.2, 0.25) is 10.0 Å². The molecule has 1 saturated heterocycles. The molecule has 0 aliphatic carbocycles. The zero-order chi connectivity index (χ0) is 16.1. The molecular weight excluding hydrogens is 306 g/mol. The Kier molecular flexibility index (Phi) is 5.13. The molecule has 2 aromatic carbocycles. The Balaban J connectivity index is 1.56. The van der Waals surface area contributed by atoms with Gasteiger partial charge in [-0.3, -0.25) is 0 Å². The molecule has 0 amide bonds. The molecule has 3 nitrogen and oxygen atoms in total. The normalized spacial score (nSPS) is 17.2. The monoisotopic (exact) mass is 329 g/mol. The Morgan fingerprint density at radius 1 is 0.826 bits per heavy atom. The quantitative estimate of drug-likeness (QED) is 0.842. The van der Waals surface area contributed by atoms with Crippen LogP contribution in [-0.4, -0.2) is 25.8 Å². The second kappa shape index (κ2) is 7.28. The van der Waals surface area contributed by atoms with Crippen LogP contribution in [0.4, 0.5) is 0 Å². The number of nitrogens with zero attached hydrogens (tertiary/aromatic N) is 1. The number of piperidine rings is 1. The van der Waals surface area contributed by atoms with E-state index in [4.69, 9.17) is 0 Å². The van der Waals surface area contributed by atoms with Crippen molar-refractivity contribution in [2.75, 3.05) is 13.1 Å². The smallest absolute Gasteiger partial charge is 0.212 e. The van der Waals surface area contributed by atoms with E-state index in [2.05, 4.69) is 24.3 Å². The maximum atomic E-state index is 12.5. The van der Waals surface area contributed by atoms with Crippen molar-refractivity contribution in [3.05, 3.63) is 71.8 Å². The molecule has 1 fully saturated rings. The molecule has 0 bridgehead atoms. The van der Waals surface area contributed by atoms with Gasteiger partial charge >= 0.3 is 0 Å². The highest BCUT2D eigenvalue weighted by atomic mass is 32.2. The number of rotatable bonds is 5. The fourth-order valence-electron chi connectivity index (χ4n) is 3.22. The predicted molar refractivity (Wildman–Crippen MR) is 93.5 cm³/mol. The van der Waals surface area contributed by atoms with Crippen LogP contribution in [-0.2, 0) is 22.2 Å². The summed E-state index contributed by atoms with van der Waals surface area (Å²) < 4.78 is 26.8. The summed E-state index contributed by atoms with van der Waals surface area (Å²) >= 11 is 0. The third kappa shape index (κ3) is 4.43. The Bertz CT molecular complexity index is 706. The van der Waals surface area contributed by atoms with Crippen molar-refractivity contribution < 1.29 is 8.42 Å². The lowest BCUT2D eigenvalue weighted by atomic mass is 9.91. The number of hydrogen-bond donors (Lipinski definition) is 0. The third-order valence-corrected chi connectivity index (χ3v) is 6.38. The Labute approximate surface area is 139 Å². The number of benzene rings is 2. The molecular formula is C19H23NO2S. The lowest BCUT2D eigenvalue weighted by Gasteiger charge is -2.31. The van der Waals surface area contributed by atoms with Crippen molar-refractivity contribution in [3.63, 3.8) is 0 Å². The van der Waals surface area contributed by atoms with Gasteiger partial charge in [0.05, 0.1) is 5.75 Å². The topological polar surface area (TPSA) is 37.4 Å². The van der Waals surface area contributed by atoms with E-state index >= 15 is 0 Å².